The molecular formula is C23H33N5OS. The van der Waals surface area contributed by atoms with Gasteiger partial charge in [0.05, 0.1) is 12.6 Å². The van der Waals surface area contributed by atoms with Crippen molar-refractivity contribution in [2.24, 2.45) is 4.99 Å². The number of rotatable bonds is 6. The summed E-state index contributed by atoms with van der Waals surface area (Å²) in [5.74, 6) is 0.583. The Balaban J connectivity index is 1.63. The highest BCUT2D eigenvalue weighted by molar-refractivity contribution is 7.10. The first-order valence-electron chi connectivity index (χ1n) is 10.5. The molecule has 3 rings (SSSR count). The quantitative estimate of drug-likeness (QED) is 0.490. The van der Waals surface area contributed by atoms with Crippen LogP contribution in [-0.2, 0) is 17.8 Å². The van der Waals surface area contributed by atoms with Gasteiger partial charge in [-0.3, -0.25) is 14.7 Å². The standard InChI is InChI=1S/C23H33N5OS/c1-23(2,3)27-21(29)15-26-22(24-4)25-14-19(17-8-6-5-7-9-17)28-12-10-20-18(16-28)11-13-30-20/h5-9,11,13,19H,10,12,14-16H2,1-4H3,(H,27,29)(H2,24,25,26). The van der Waals surface area contributed by atoms with Crippen molar-refractivity contribution in [3.8, 4) is 0 Å². The third-order valence-electron chi connectivity index (χ3n) is 5.08. The minimum Gasteiger partial charge on any atom is -0.354 e. The number of carbonyl (C=O) groups excluding carboxylic acids is 1. The lowest BCUT2D eigenvalue weighted by molar-refractivity contribution is -0.121. The maximum absolute atomic E-state index is 12.1. The molecule has 7 heteroatoms. The number of benzene rings is 1. The topological polar surface area (TPSA) is 68.8 Å². The van der Waals surface area contributed by atoms with Gasteiger partial charge in [0.2, 0.25) is 5.91 Å². The summed E-state index contributed by atoms with van der Waals surface area (Å²) in [5, 5.41) is 11.7. The second kappa shape index (κ2) is 10.1. The molecule has 1 amide bonds. The number of carbonyl (C=O) groups is 1. The van der Waals surface area contributed by atoms with Crippen LogP contribution in [0.3, 0.4) is 0 Å². The molecule has 1 aliphatic heterocycles. The third-order valence-corrected chi connectivity index (χ3v) is 6.10. The Morgan fingerprint density at radius 1 is 1.20 bits per heavy atom. The molecule has 0 saturated carbocycles. The van der Waals surface area contributed by atoms with Crippen LogP contribution in [0.5, 0.6) is 0 Å². The lowest BCUT2D eigenvalue weighted by Crippen LogP contribution is -2.49. The van der Waals surface area contributed by atoms with Gasteiger partial charge in [0.25, 0.3) is 0 Å². The number of aliphatic imine (C=N–C) groups is 1. The molecule has 162 valence electrons. The molecule has 0 radical (unpaired) electrons. The second-order valence-electron chi connectivity index (χ2n) is 8.62. The van der Waals surface area contributed by atoms with Gasteiger partial charge in [0.15, 0.2) is 5.96 Å². The first-order chi connectivity index (χ1) is 14.4. The van der Waals surface area contributed by atoms with Gasteiger partial charge in [-0.2, -0.15) is 0 Å². The molecule has 3 N–H and O–H groups in total. The summed E-state index contributed by atoms with van der Waals surface area (Å²) in [6, 6.07) is 13.1. The number of amides is 1. The smallest absolute Gasteiger partial charge is 0.239 e. The number of guanidine groups is 1. The molecule has 0 saturated heterocycles. The molecule has 1 atom stereocenters. The summed E-state index contributed by atoms with van der Waals surface area (Å²) in [7, 11) is 1.73. The van der Waals surface area contributed by atoms with Crippen LogP contribution in [0.4, 0.5) is 0 Å². The largest absolute Gasteiger partial charge is 0.354 e. The Labute approximate surface area is 183 Å². The van der Waals surface area contributed by atoms with E-state index in [1.54, 1.807) is 7.05 Å². The van der Waals surface area contributed by atoms with Crippen LogP contribution >= 0.6 is 11.3 Å². The molecule has 1 aliphatic rings. The summed E-state index contributed by atoms with van der Waals surface area (Å²) in [6.07, 6.45) is 1.09. The van der Waals surface area contributed by atoms with Gasteiger partial charge in [-0.15, -0.1) is 11.3 Å². The fourth-order valence-corrected chi connectivity index (χ4v) is 4.60. The van der Waals surface area contributed by atoms with Crippen LogP contribution in [0.25, 0.3) is 0 Å². The second-order valence-corrected chi connectivity index (χ2v) is 9.62. The van der Waals surface area contributed by atoms with Crippen molar-refractivity contribution >= 4 is 23.2 Å². The monoisotopic (exact) mass is 427 g/mol. The van der Waals surface area contributed by atoms with Crippen LogP contribution in [0.15, 0.2) is 46.8 Å². The zero-order valence-corrected chi connectivity index (χ0v) is 19.2. The predicted octanol–water partition coefficient (Wildman–Crippen LogP) is 2.93. The van der Waals surface area contributed by atoms with Crippen LogP contribution in [0, 0.1) is 0 Å². The minimum atomic E-state index is -0.247. The Morgan fingerprint density at radius 2 is 1.97 bits per heavy atom. The number of fused-ring (bicyclic) bond motifs is 1. The van der Waals surface area contributed by atoms with E-state index in [2.05, 4.69) is 67.6 Å². The van der Waals surface area contributed by atoms with E-state index in [1.165, 1.54) is 16.0 Å². The van der Waals surface area contributed by atoms with Crippen LogP contribution in [0.1, 0.15) is 42.8 Å². The Morgan fingerprint density at radius 3 is 2.67 bits per heavy atom. The molecule has 1 aromatic carbocycles. The van der Waals surface area contributed by atoms with Crippen molar-refractivity contribution in [3.63, 3.8) is 0 Å². The maximum Gasteiger partial charge on any atom is 0.239 e. The lowest BCUT2D eigenvalue weighted by atomic mass is 10.0. The molecule has 0 fully saturated rings. The first kappa shape index (κ1) is 22.3. The zero-order valence-electron chi connectivity index (χ0n) is 18.4. The zero-order chi connectivity index (χ0) is 21.6. The first-order valence-corrected chi connectivity index (χ1v) is 11.3. The highest BCUT2D eigenvalue weighted by Crippen LogP contribution is 2.30. The summed E-state index contributed by atoms with van der Waals surface area (Å²) in [5.41, 5.74) is 2.47. The van der Waals surface area contributed by atoms with Gasteiger partial charge in [-0.1, -0.05) is 30.3 Å². The van der Waals surface area contributed by atoms with Crippen molar-refractivity contribution in [2.45, 2.75) is 45.3 Å². The van der Waals surface area contributed by atoms with Gasteiger partial charge in [-0.05, 0) is 49.8 Å². The van der Waals surface area contributed by atoms with E-state index in [4.69, 9.17) is 0 Å². The molecule has 0 bridgehead atoms. The van der Waals surface area contributed by atoms with E-state index in [-0.39, 0.29) is 24.0 Å². The number of nitrogens with zero attached hydrogens (tertiary/aromatic N) is 2. The van der Waals surface area contributed by atoms with Crippen molar-refractivity contribution < 1.29 is 4.79 Å². The summed E-state index contributed by atoms with van der Waals surface area (Å²) in [4.78, 5) is 20.4. The third kappa shape index (κ3) is 6.31. The maximum atomic E-state index is 12.1. The summed E-state index contributed by atoms with van der Waals surface area (Å²) < 4.78 is 0. The molecule has 0 aliphatic carbocycles. The van der Waals surface area contributed by atoms with Crippen LogP contribution in [0.2, 0.25) is 0 Å². The summed E-state index contributed by atoms with van der Waals surface area (Å²) >= 11 is 1.86. The molecule has 0 spiro atoms. The SMILES string of the molecule is CN=C(NCC(=O)NC(C)(C)C)NCC(c1ccccc1)N1CCc2sccc2C1. The fourth-order valence-electron chi connectivity index (χ4n) is 3.71. The van der Waals surface area contributed by atoms with E-state index in [9.17, 15) is 4.79 Å². The normalized spacial score (nSPS) is 15.9. The number of hydrogen-bond acceptors (Lipinski definition) is 4. The highest BCUT2D eigenvalue weighted by atomic mass is 32.1. The average molecular weight is 428 g/mol. The van der Waals surface area contributed by atoms with Crippen LogP contribution < -0.4 is 16.0 Å². The van der Waals surface area contributed by atoms with Gasteiger partial charge in [0.1, 0.15) is 0 Å². The highest BCUT2D eigenvalue weighted by Gasteiger charge is 2.25. The molecule has 30 heavy (non-hydrogen) atoms. The van der Waals surface area contributed by atoms with Crippen molar-refractivity contribution in [3.05, 3.63) is 57.8 Å². The van der Waals surface area contributed by atoms with E-state index >= 15 is 0 Å². The van der Waals surface area contributed by atoms with Crippen molar-refractivity contribution in [1.29, 1.82) is 0 Å². The van der Waals surface area contributed by atoms with Gasteiger partial charge >= 0.3 is 0 Å². The minimum absolute atomic E-state index is 0.0499. The van der Waals surface area contributed by atoms with Crippen molar-refractivity contribution in [1.82, 2.24) is 20.9 Å². The fraction of sp³-hybridized carbons (Fsp3) is 0.478. The molecular weight excluding hydrogens is 394 g/mol. The van der Waals surface area contributed by atoms with E-state index < -0.39 is 0 Å². The molecule has 1 aromatic heterocycles. The Bertz CT molecular complexity index is 856. The van der Waals surface area contributed by atoms with E-state index in [1.807, 2.05) is 32.1 Å². The van der Waals surface area contributed by atoms with E-state index in [0.717, 1.165) is 19.5 Å². The van der Waals surface area contributed by atoms with Gasteiger partial charge < -0.3 is 16.0 Å². The lowest BCUT2D eigenvalue weighted by Gasteiger charge is -2.35. The number of nitrogens with one attached hydrogen (secondary N) is 3. The molecule has 2 aromatic rings. The van der Waals surface area contributed by atoms with E-state index in [0.29, 0.717) is 12.5 Å². The predicted molar refractivity (Wildman–Crippen MR) is 125 cm³/mol. The Kier molecular flexibility index (Phi) is 7.50. The summed E-state index contributed by atoms with van der Waals surface area (Å²) in [6.45, 7) is 8.81. The molecule has 6 nitrogen and oxygen atoms in total. The number of thiophene rings is 1. The van der Waals surface area contributed by atoms with Gasteiger partial charge in [0, 0.05) is 37.1 Å². The molecule has 2 heterocycles. The number of hydrogen-bond donors (Lipinski definition) is 3. The van der Waals surface area contributed by atoms with Gasteiger partial charge in [-0.25, -0.2) is 0 Å². The Hall–Kier alpha value is -2.38. The van der Waals surface area contributed by atoms with Crippen molar-refractivity contribution in [2.75, 3.05) is 26.7 Å². The average Bonchev–Trinajstić information content (AvgIpc) is 3.18. The molecule has 1 unspecified atom stereocenters. The van der Waals surface area contributed by atoms with Crippen LogP contribution in [-0.4, -0.2) is 49.0 Å².